The van der Waals surface area contributed by atoms with Crippen LogP contribution in [0.2, 0.25) is 0 Å². The highest BCUT2D eigenvalue weighted by atomic mass is 16.8. The molecule has 2 heterocycles. The lowest BCUT2D eigenvalue weighted by molar-refractivity contribution is -0.808. The molecule has 1 aromatic heterocycles. The van der Waals surface area contributed by atoms with Crippen molar-refractivity contribution < 1.29 is 23.8 Å². The summed E-state index contributed by atoms with van der Waals surface area (Å²) < 4.78 is 14.9. The van der Waals surface area contributed by atoms with Crippen molar-refractivity contribution in [3.05, 3.63) is 40.4 Å². The first-order valence-electron chi connectivity index (χ1n) is 6.68. The molecular formula is C14H15N3O5. The maximum absolute atomic E-state index is 12.3. The number of nitrogens with zero attached hydrogens (tertiary/aromatic N) is 3. The largest absolute Gasteiger partial charge is 0.493 e. The van der Waals surface area contributed by atoms with Crippen LogP contribution < -0.4 is 14.4 Å². The van der Waals surface area contributed by atoms with E-state index in [0.717, 1.165) is 5.56 Å². The molecule has 0 N–H and O–H groups in total. The third kappa shape index (κ3) is 2.03. The minimum atomic E-state index is -0.323. The lowest BCUT2D eigenvalue weighted by Gasteiger charge is -2.24. The minimum absolute atomic E-state index is 0.0716. The molecule has 3 rings (SSSR count). The van der Waals surface area contributed by atoms with Crippen LogP contribution in [0, 0.1) is 5.21 Å². The van der Waals surface area contributed by atoms with Gasteiger partial charge in [0, 0.05) is 0 Å². The van der Waals surface area contributed by atoms with E-state index in [9.17, 15) is 10.0 Å². The Morgan fingerprint density at radius 3 is 2.73 bits per heavy atom. The van der Waals surface area contributed by atoms with E-state index in [-0.39, 0.29) is 34.8 Å². The van der Waals surface area contributed by atoms with E-state index in [0.29, 0.717) is 11.5 Å². The Morgan fingerprint density at radius 1 is 1.36 bits per heavy atom. The number of methoxy groups -OCH3 is 2. The number of carbonyl (C=O) groups excluding carboxylic acids is 1. The van der Waals surface area contributed by atoms with Gasteiger partial charge in [-0.05, 0) is 29.5 Å². The van der Waals surface area contributed by atoms with E-state index < -0.39 is 0 Å². The molecule has 1 aliphatic heterocycles. The van der Waals surface area contributed by atoms with Crippen molar-refractivity contribution >= 4 is 5.91 Å². The van der Waals surface area contributed by atoms with Crippen molar-refractivity contribution in [2.75, 3.05) is 14.2 Å². The summed E-state index contributed by atoms with van der Waals surface area (Å²) in [5.74, 6) is 0.869. The molecule has 0 saturated heterocycles. The fraction of sp³-hybridized carbons (Fsp3) is 0.357. The molecular weight excluding hydrogens is 290 g/mol. The molecule has 0 spiro atoms. The van der Waals surface area contributed by atoms with Crippen LogP contribution in [-0.2, 0) is 6.54 Å². The van der Waals surface area contributed by atoms with Crippen LogP contribution >= 0.6 is 0 Å². The predicted octanol–water partition coefficient (Wildman–Crippen LogP) is 1.04. The second kappa shape index (κ2) is 5.21. The van der Waals surface area contributed by atoms with Gasteiger partial charge in [-0.3, -0.25) is 9.42 Å². The average Bonchev–Trinajstić information content (AvgIpc) is 3.07. The van der Waals surface area contributed by atoms with Gasteiger partial charge in [0.25, 0.3) is 0 Å². The Hall–Kier alpha value is -2.77. The number of carbonyl (C=O) groups is 1. The van der Waals surface area contributed by atoms with Gasteiger partial charge in [-0.25, -0.2) is 0 Å². The van der Waals surface area contributed by atoms with E-state index in [1.807, 2.05) is 19.1 Å². The number of aromatic nitrogens is 2. The average molecular weight is 305 g/mol. The molecule has 1 amide bonds. The van der Waals surface area contributed by atoms with Crippen molar-refractivity contribution in [2.45, 2.75) is 19.5 Å². The minimum Gasteiger partial charge on any atom is -0.493 e. The smallest absolute Gasteiger partial charge is 0.310 e. The molecule has 0 aliphatic carbocycles. The van der Waals surface area contributed by atoms with Crippen molar-refractivity contribution in [3.63, 3.8) is 0 Å². The molecule has 1 aliphatic rings. The van der Waals surface area contributed by atoms with Crippen LogP contribution in [-0.4, -0.2) is 30.2 Å². The summed E-state index contributed by atoms with van der Waals surface area (Å²) in [5, 5.41) is 14.9. The predicted molar refractivity (Wildman–Crippen MR) is 73.3 cm³/mol. The van der Waals surface area contributed by atoms with Crippen LogP contribution in [0.5, 0.6) is 11.5 Å². The summed E-state index contributed by atoms with van der Waals surface area (Å²) in [7, 11) is 3.11. The Labute approximate surface area is 126 Å². The fourth-order valence-corrected chi connectivity index (χ4v) is 2.54. The van der Waals surface area contributed by atoms with Gasteiger partial charge in [-0.1, -0.05) is 6.07 Å². The Kier molecular flexibility index (Phi) is 3.36. The molecule has 0 saturated carbocycles. The van der Waals surface area contributed by atoms with Gasteiger partial charge >= 0.3 is 11.6 Å². The van der Waals surface area contributed by atoms with Crippen molar-refractivity contribution in [2.24, 2.45) is 0 Å². The third-order valence-electron chi connectivity index (χ3n) is 3.84. The molecule has 116 valence electrons. The summed E-state index contributed by atoms with van der Waals surface area (Å²) in [4.78, 5) is 14.1. The highest BCUT2D eigenvalue weighted by Crippen LogP contribution is 2.34. The van der Waals surface area contributed by atoms with Crippen LogP contribution in [0.3, 0.4) is 0 Å². The number of hydrogen-bond donors (Lipinski definition) is 0. The van der Waals surface area contributed by atoms with E-state index in [1.54, 1.807) is 25.2 Å². The quantitative estimate of drug-likeness (QED) is 0.784. The monoisotopic (exact) mass is 305 g/mol. The Bertz CT molecular complexity index is 727. The van der Waals surface area contributed by atoms with Crippen molar-refractivity contribution in [1.82, 2.24) is 10.1 Å². The molecule has 0 fully saturated rings. The summed E-state index contributed by atoms with van der Waals surface area (Å²) in [6, 6.07) is 5.19. The number of ether oxygens (including phenoxy) is 2. The first kappa shape index (κ1) is 14.2. The van der Waals surface area contributed by atoms with E-state index in [1.165, 1.54) is 0 Å². The molecule has 1 aromatic carbocycles. The first-order valence-corrected chi connectivity index (χ1v) is 6.68. The Morgan fingerprint density at radius 2 is 2.09 bits per heavy atom. The fourth-order valence-electron chi connectivity index (χ4n) is 2.54. The van der Waals surface area contributed by atoms with Gasteiger partial charge in [0.1, 0.15) is 0 Å². The van der Waals surface area contributed by atoms with Crippen LogP contribution in [0.25, 0.3) is 0 Å². The van der Waals surface area contributed by atoms with Crippen molar-refractivity contribution in [3.8, 4) is 11.5 Å². The normalized spacial score (nSPS) is 14.9. The van der Waals surface area contributed by atoms with Crippen LogP contribution in [0.15, 0.2) is 22.8 Å². The zero-order chi connectivity index (χ0) is 15.9. The molecule has 8 nitrogen and oxygen atoms in total. The lowest BCUT2D eigenvalue weighted by atomic mass is 10.1. The number of benzene rings is 1. The summed E-state index contributed by atoms with van der Waals surface area (Å²) in [5.41, 5.74) is 1.17. The second-order valence-corrected chi connectivity index (χ2v) is 4.95. The van der Waals surface area contributed by atoms with E-state index >= 15 is 0 Å². The van der Waals surface area contributed by atoms with E-state index in [4.69, 9.17) is 9.47 Å². The topological polar surface area (TPSA) is 91.7 Å². The zero-order valence-electron chi connectivity index (χ0n) is 12.4. The number of amides is 1. The maximum atomic E-state index is 12.3. The maximum Gasteiger partial charge on any atom is 0.310 e. The summed E-state index contributed by atoms with van der Waals surface area (Å²) in [6.45, 7) is 2.04. The SMILES string of the molecule is COc1ccc(C(C)N2Cc3c(no[n+]3[O-])C2=O)cc1OC. The summed E-state index contributed by atoms with van der Waals surface area (Å²) in [6.07, 6.45) is 0. The van der Waals surface area contributed by atoms with Crippen molar-refractivity contribution in [1.29, 1.82) is 0 Å². The molecule has 8 heteroatoms. The zero-order valence-corrected chi connectivity index (χ0v) is 12.4. The number of fused-ring (bicyclic) bond motifs is 1. The van der Waals surface area contributed by atoms with Crippen LogP contribution in [0.1, 0.15) is 34.7 Å². The number of rotatable bonds is 4. The van der Waals surface area contributed by atoms with Gasteiger partial charge in [0.15, 0.2) is 11.5 Å². The van der Waals surface area contributed by atoms with Gasteiger partial charge in [0.05, 0.1) is 32.0 Å². The Balaban J connectivity index is 1.89. The number of hydrogen-bond acceptors (Lipinski definition) is 6. The van der Waals surface area contributed by atoms with Gasteiger partial charge in [0.2, 0.25) is 5.69 Å². The third-order valence-corrected chi connectivity index (χ3v) is 3.84. The highest BCUT2D eigenvalue weighted by Gasteiger charge is 2.41. The molecule has 0 radical (unpaired) electrons. The molecule has 22 heavy (non-hydrogen) atoms. The van der Waals surface area contributed by atoms with Gasteiger partial charge < -0.3 is 19.6 Å². The standard InChI is InChI=1S/C14H15N3O5/c1-8(9-4-5-11(20-2)12(6-9)21-3)16-7-10-13(14(16)18)15-22-17(10)19/h4-6,8H,7H2,1-3H3. The molecule has 2 aromatic rings. The molecule has 1 atom stereocenters. The van der Waals surface area contributed by atoms with E-state index in [2.05, 4.69) is 9.79 Å². The first-order chi connectivity index (χ1) is 10.6. The molecule has 0 bridgehead atoms. The van der Waals surface area contributed by atoms with Gasteiger partial charge in [-0.15, -0.1) is 0 Å². The highest BCUT2D eigenvalue weighted by molar-refractivity contribution is 5.95. The lowest BCUT2D eigenvalue weighted by Crippen LogP contribution is -2.32. The van der Waals surface area contributed by atoms with Crippen LogP contribution in [0.4, 0.5) is 0 Å². The summed E-state index contributed by atoms with van der Waals surface area (Å²) >= 11 is 0. The molecule has 1 unspecified atom stereocenters. The van der Waals surface area contributed by atoms with Gasteiger partial charge in [-0.2, -0.15) is 0 Å². The second-order valence-electron chi connectivity index (χ2n) is 4.95.